The van der Waals surface area contributed by atoms with Crippen LogP contribution < -0.4 is 0 Å². The molecule has 2 aliphatic rings. The molecule has 2 fully saturated rings. The Bertz CT molecular complexity index is 245. The van der Waals surface area contributed by atoms with Crippen LogP contribution in [0.1, 0.15) is 71.1 Å². The molecule has 2 heteroatoms. The van der Waals surface area contributed by atoms with Crippen molar-refractivity contribution in [2.75, 3.05) is 6.54 Å². The van der Waals surface area contributed by atoms with Gasteiger partial charge in [0.2, 0.25) is 5.91 Å². The van der Waals surface area contributed by atoms with Gasteiger partial charge in [-0.2, -0.15) is 0 Å². The molecule has 2 nitrogen and oxygen atoms in total. The standard InChI is InChI=1S/C15H27NO/c1-2-14-9-5-6-12-16(14)15(17)11-10-13-7-3-4-8-13/h13-14H,2-12H2,1H3. The molecule has 1 saturated carbocycles. The Morgan fingerprint density at radius 3 is 2.53 bits per heavy atom. The molecule has 98 valence electrons. The van der Waals surface area contributed by atoms with Crippen LogP contribution in [0.5, 0.6) is 0 Å². The van der Waals surface area contributed by atoms with E-state index in [1.54, 1.807) is 0 Å². The van der Waals surface area contributed by atoms with Crippen molar-refractivity contribution in [1.29, 1.82) is 0 Å². The van der Waals surface area contributed by atoms with Crippen molar-refractivity contribution < 1.29 is 4.79 Å². The average Bonchev–Trinajstić information content (AvgIpc) is 2.89. The maximum atomic E-state index is 12.3. The minimum Gasteiger partial charge on any atom is -0.340 e. The summed E-state index contributed by atoms with van der Waals surface area (Å²) < 4.78 is 0. The average molecular weight is 237 g/mol. The van der Waals surface area contributed by atoms with Crippen LogP contribution >= 0.6 is 0 Å². The molecule has 0 aromatic carbocycles. The summed E-state index contributed by atoms with van der Waals surface area (Å²) in [5.41, 5.74) is 0. The van der Waals surface area contributed by atoms with E-state index in [2.05, 4.69) is 11.8 Å². The lowest BCUT2D eigenvalue weighted by atomic mass is 9.97. The third-order valence-electron chi connectivity index (χ3n) is 4.66. The lowest BCUT2D eigenvalue weighted by Gasteiger charge is -2.35. The Morgan fingerprint density at radius 1 is 1.12 bits per heavy atom. The van der Waals surface area contributed by atoms with E-state index >= 15 is 0 Å². The fourth-order valence-corrected chi connectivity index (χ4v) is 3.52. The van der Waals surface area contributed by atoms with E-state index in [0.717, 1.165) is 31.7 Å². The van der Waals surface area contributed by atoms with Crippen LogP contribution in [0.15, 0.2) is 0 Å². The first-order valence-electron chi connectivity index (χ1n) is 7.60. The van der Waals surface area contributed by atoms with Crippen LogP contribution in [0, 0.1) is 5.92 Å². The van der Waals surface area contributed by atoms with Gasteiger partial charge in [0.15, 0.2) is 0 Å². The Hall–Kier alpha value is -0.530. The summed E-state index contributed by atoms with van der Waals surface area (Å²) in [5, 5.41) is 0. The van der Waals surface area contributed by atoms with Crippen molar-refractivity contribution in [2.45, 2.75) is 77.2 Å². The Labute approximate surface area is 106 Å². The number of nitrogens with zero attached hydrogens (tertiary/aromatic N) is 1. The van der Waals surface area contributed by atoms with Crippen LogP contribution in [0.2, 0.25) is 0 Å². The summed E-state index contributed by atoms with van der Waals surface area (Å²) in [4.78, 5) is 14.4. The van der Waals surface area contributed by atoms with E-state index in [9.17, 15) is 4.79 Å². The highest BCUT2D eigenvalue weighted by atomic mass is 16.2. The van der Waals surface area contributed by atoms with E-state index in [1.165, 1.54) is 44.9 Å². The zero-order chi connectivity index (χ0) is 12.1. The number of hydrogen-bond donors (Lipinski definition) is 0. The van der Waals surface area contributed by atoms with Gasteiger partial charge in [-0.05, 0) is 38.0 Å². The Kier molecular flexibility index (Phi) is 4.87. The minimum atomic E-state index is 0.434. The number of likely N-dealkylation sites (tertiary alicyclic amines) is 1. The van der Waals surface area contributed by atoms with E-state index in [1.807, 2.05) is 0 Å². The van der Waals surface area contributed by atoms with Crippen LogP contribution in [-0.2, 0) is 4.79 Å². The molecule has 1 heterocycles. The highest BCUT2D eigenvalue weighted by Gasteiger charge is 2.25. The molecule has 1 atom stereocenters. The summed E-state index contributed by atoms with van der Waals surface area (Å²) in [6.45, 7) is 3.23. The minimum absolute atomic E-state index is 0.434. The maximum Gasteiger partial charge on any atom is 0.222 e. The molecular weight excluding hydrogens is 210 g/mol. The van der Waals surface area contributed by atoms with Crippen molar-refractivity contribution in [3.63, 3.8) is 0 Å². The van der Waals surface area contributed by atoms with Crippen molar-refractivity contribution in [3.05, 3.63) is 0 Å². The number of hydrogen-bond acceptors (Lipinski definition) is 1. The normalized spacial score (nSPS) is 26.4. The predicted molar refractivity (Wildman–Crippen MR) is 70.8 cm³/mol. The smallest absolute Gasteiger partial charge is 0.222 e. The second-order valence-electron chi connectivity index (χ2n) is 5.83. The molecule has 1 saturated heterocycles. The van der Waals surface area contributed by atoms with E-state index in [0.29, 0.717) is 11.9 Å². The summed E-state index contributed by atoms with van der Waals surface area (Å²) >= 11 is 0. The summed E-state index contributed by atoms with van der Waals surface area (Å²) in [6, 6.07) is 0.542. The summed E-state index contributed by atoms with van der Waals surface area (Å²) in [7, 11) is 0. The van der Waals surface area contributed by atoms with E-state index in [4.69, 9.17) is 0 Å². The lowest BCUT2D eigenvalue weighted by Crippen LogP contribution is -2.43. The summed E-state index contributed by atoms with van der Waals surface area (Å²) in [5.74, 6) is 1.28. The van der Waals surface area contributed by atoms with Crippen molar-refractivity contribution in [1.82, 2.24) is 4.90 Å². The van der Waals surface area contributed by atoms with Gasteiger partial charge in [0.05, 0.1) is 0 Å². The predicted octanol–water partition coefficient (Wildman–Crippen LogP) is 3.75. The van der Waals surface area contributed by atoms with Gasteiger partial charge < -0.3 is 4.90 Å². The number of carbonyl (C=O) groups is 1. The lowest BCUT2D eigenvalue weighted by molar-refractivity contribution is -0.135. The van der Waals surface area contributed by atoms with Crippen LogP contribution in [0.4, 0.5) is 0 Å². The first-order chi connectivity index (χ1) is 8.31. The fraction of sp³-hybridized carbons (Fsp3) is 0.933. The molecule has 2 rings (SSSR count). The van der Waals surface area contributed by atoms with Gasteiger partial charge in [-0.1, -0.05) is 32.6 Å². The molecule has 0 spiro atoms. The van der Waals surface area contributed by atoms with Gasteiger partial charge in [-0.15, -0.1) is 0 Å². The molecule has 17 heavy (non-hydrogen) atoms. The van der Waals surface area contributed by atoms with Gasteiger partial charge in [-0.3, -0.25) is 4.79 Å². The number of rotatable bonds is 4. The molecule has 1 amide bonds. The topological polar surface area (TPSA) is 20.3 Å². The molecule has 0 radical (unpaired) electrons. The summed E-state index contributed by atoms with van der Waals surface area (Å²) in [6.07, 6.45) is 12.3. The van der Waals surface area contributed by atoms with Crippen LogP contribution in [0.25, 0.3) is 0 Å². The molecule has 1 aliphatic heterocycles. The third kappa shape index (κ3) is 3.46. The zero-order valence-corrected chi connectivity index (χ0v) is 11.3. The van der Waals surface area contributed by atoms with Crippen molar-refractivity contribution in [2.24, 2.45) is 5.92 Å². The number of piperidine rings is 1. The molecule has 1 aliphatic carbocycles. The second kappa shape index (κ2) is 6.42. The van der Waals surface area contributed by atoms with Gasteiger partial charge in [0.25, 0.3) is 0 Å². The van der Waals surface area contributed by atoms with Crippen molar-refractivity contribution >= 4 is 5.91 Å². The Balaban J connectivity index is 1.76. The van der Waals surface area contributed by atoms with Gasteiger partial charge in [0.1, 0.15) is 0 Å². The first kappa shape index (κ1) is 12.9. The largest absolute Gasteiger partial charge is 0.340 e. The first-order valence-corrected chi connectivity index (χ1v) is 7.60. The van der Waals surface area contributed by atoms with Crippen molar-refractivity contribution in [3.8, 4) is 0 Å². The number of amides is 1. The Morgan fingerprint density at radius 2 is 1.82 bits per heavy atom. The molecule has 0 aromatic heterocycles. The molecule has 0 aromatic rings. The quantitative estimate of drug-likeness (QED) is 0.729. The van der Waals surface area contributed by atoms with Gasteiger partial charge in [-0.25, -0.2) is 0 Å². The molecule has 0 bridgehead atoms. The van der Waals surface area contributed by atoms with E-state index < -0.39 is 0 Å². The third-order valence-corrected chi connectivity index (χ3v) is 4.66. The van der Waals surface area contributed by atoms with Gasteiger partial charge >= 0.3 is 0 Å². The molecule has 1 unspecified atom stereocenters. The zero-order valence-electron chi connectivity index (χ0n) is 11.3. The highest BCUT2D eigenvalue weighted by Crippen LogP contribution is 2.29. The maximum absolute atomic E-state index is 12.3. The monoisotopic (exact) mass is 237 g/mol. The van der Waals surface area contributed by atoms with E-state index in [-0.39, 0.29) is 0 Å². The highest BCUT2D eigenvalue weighted by molar-refractivity contribution is 5.76. The van der Waals surface area contributed by atoms with Crippen LogP contribution in [-0.4, -0.2) is 23.4 Å². The van der Waals surface area contributed by atoms with Crippen LogP contribution in [0.3, 0.4) is 0 Å². The number of carbonyl (C=O) groups excluding carboxylic acids is 1. The SMILES string of the molecule is CCC1CCCCN1C(=O)CCC1CCCC1. The molecule has 0 N–H and O–H groups in total. The fourth-order valence-electron chi connectivity index (χ4n) is 3.52. The molecular formula is C15H27NO. The second-order valence-corrected chi connectivity index (χ2v) is 5.83. The van der Waals surface area contributed by atoms with Gasteiger partial charge in [0, 0.05) is 19.0 Å².